The Morgan fingerprint density at radius 2 is 2.40 bits per heavy atom. The lowest BCUT2D eigenvalue weighted by Crippen LogP contribution is -2.30. The molecule has 0 radical (unpaired) electrons. The maximum Gasteiger partial charge on any atom is 0.227 e. The number of anilines is 1. The summed E-state index contributed by atoms with van der Waals surface area (Å²) in [6.07, 6.45) is 2.15. The first-order chi connectivity index (χ1) is 7.13. The number of hydrogen-bond acceptors (Lipinski definition) is 3. The molecule has 5 nitrogen and oxygen atoms in total. The van der Waals surface area contributed by atoms with E-state index in [4.69, 9.17) is 0 Å². The quantitative estimate of drug-likeness (QED) is 0.680. The summed E-state index contributed by atoms with van der Waals surface area (Å²) >= 11 is 0. The summed E-state index contributed by atoms with van der Waals surface area (Å²) in [5.41, 5.74) is 0.944. The molecule has 1 atom stereocenters. The second-order valence-corrected chi connectivity index (χ2v) is 3.64. The van der Waals surface area contributed by atoms with Gasteiger partial charge in [-0.2, -0.15) is 5.10 Å². The Bertz CT molecular complexity index is 321. The van der Waals surface area contributed by atoms with E-state index in [0.717, 1.165) is 12.1 Å². The van der Waals surface area contributed by atoms with Crippen molar-refractivity contribution in [2.24, 2.45) is 0 Å². The van der Waals surface area contributed by atoms with Crippen molar-refractivity contribution < 1.29 is 4.79 Å². The number of hydrogen-bond donors (Lipinski definition) is 3. The minimum atomic E-state index is -0.00389. The number of nitrogens with one attached hydrogen (secondary N) is 3. The Morgan fingerprint density at radius 1 is 1.67 bits per heavy atom. The smallest absolute Gasteiger partial charge is 0.227 e. The Balaban J connectivity index is 2.40. The second kappa shape index (κ2) is 5.50. The van der Waals surface area contributed by atoms with Crippen molar-refractivity contribution in [2.75, 3.05) is 11.9 Å². The summed E-state index contributed by atoms with van der Waals surface area (Å²) < 4.78 is 0. The fraction of sp³-hybridized carbons (Fsp3) is 0.600. The lowest BCUT2D eigenvalue weighted by molar-refractivity contribution is -0.116. The third-order valence-electron chi connectivity index (χ3n) is 2.14. The number of carbonyl (C=O) groups is 1. The Kier molecular flexibility index (Phi) is 4.30. The van der Waals surface area contributed by atoms with Crippen LogP contribution >= 0.6 is 0 Å². The highest BCUT2D eigenvalue weighted by Gasteiger charge is 2.09. The van der Waals surface area contributed by atoms with E-state index in [1.165, 1.54) is 0 Å². The van der Waals surface area contributed by atoms with Gasteiger partial charge in [0, 0.05) is 18.0 Å². The van der Waals surface area contributed by atoms with Crippen molar-refractivity contribution in [1.29, 1.82) is 0 Å². The van der Waals surface area contributed by atoms with Gasteiger partial charge in [-0.15, -0.1) is 0 Å². The summed E-state index contributed by atoms with van der Waals surface area (Å²) in [7, 11) is 0. The van der Waals surface area contributed by atoms with Gasteiger partial charge in [0.15, 0.2) is 0 Å². The highest BCUT2D eigenvalue weighted by Crippen LogP contribution is 2.08. The van der Waals surface area contributed by atoms with Crippen molar-refractivity contribution in [1.82, 2.24) is 15.5 Å². The van der Waals surface area contributed by atoms with E-state index in [0.29, 0.717) is 12.2 Å². The first kappa shape index (κ1) is 11.7. The van der Waals surface area contributed by atoms with E-state index >= 15 is 0 Å². The maximum atomic E-state index is 11.5. The molecule has 5 heteroatoms. The fourth-order valence-electron chi connectivity index (χ4n) is 1.36. The topological polar surface area (TPSA) is 69.8 Å². The molecule has 1 aromatic rings. The van der Waals surface area contributed by atoms with Gasteiger partial charge in [0.1, 0.15) is 5.82 Å². The molecular formula is C10H18N4O. The Hall–Kier alpha value is -1.36. The molecule has 0 aliphatic carbocycles. The van der Waals surface area contributed by atoms with Crippen LogP contribution in [0.4, 0.5) is 5.82 Å². The molecule has 0 saturated carbocycles. The standard InChI is InChI=1S/C10H18N4O/c1-4-11-8(3)5-9(15)13-10-7(2)6-12-14-10/h6,8,11H,4-5H2,1-3H3,(H2,12,13,14,15). The van der Waals surface area contributed by atoms with E-state index in [9.17, 15) is 4.79 Å². The number of aromatic amines is 1. The lowest BCUT2D eigenvalue weighted by atomic mass is 10.2. The van der Waals surface area contributed by atoms with Gasteiger partial charge in [-0.3, -0.25) is 9.89 Å². The van der Waals surface area contributed by atoms with Crippen LogP contribution in [0.25, 0.3) is 0 Å². The van der Waals surface area contributed by atoms with Crippen molar-refractivity contribution in [3.05, 3.63) is 11.8 Å². The van der Waals surface area contributed by atoms with Crippen molar-refractivity contribution in [3.8, 4) is 0 Å². The van der Waals surface area contributed by atoms with Gasteiger partial charge in [0.2, 0.25) is 5.91 Å². The molecule has 1 heterocycles. The van der Waals surface area contributed by atoms with Crippen LogP contribution in [0.1, 0.15) is 25.8 Å². The lowest BCUT2D eigenvalue weighted by Gasteiger charge is -2.11. The minimum Gasteiger partial charge on any atom is -0.314 e. The first-order valence-electron chi connectivity index (χ1n) is 5.16. The van der Waals surface area contributed by atoms with Crippen LogP contribution in [-0.2, 0) is 4.79 Å². The molecule has 15 heavy (non-hydrogen) atoms. The summed E-state index contributed by atoms with van der Waals surface area (Å²) in [4.78, 5) is 11.5. The normalized spacial score (nSPS) is 12.5. The molecule has 1 rings (SSSR count). The zero-order valence-corrected chi connectivity index (χ0v) is 9.42. The van der Waals surface area contributed by atoms with Gasteiger partial charge in [-0.05, 0) is 20.4 Å². The highest BCUT2D eigenvalue weighted by molar-refractivity contribution is 5.90. The summed E-state index contributed by atoms with van der Waals surface area (Å²) in [5.74, 6) is 0.680. The first-order valence-corrected chi connectivity index (χ1v) is 5.16. The summed E-state index contributed by atoms with van der Waals surface area (Å²) in [6.45, 7) is 6.78. The van der Waals surface area contributed by atoms with E-state index < -0.39 is 0 Å². The maximum absolute atomic E-state index is 11.5. The SMILES string of the molecule is CCNC(C)CC(=O)Nc1[nH]ncc1C. The van der Waals surface area contributed by atoms with E-state index in [1.54, 1.807) is 6.20 Å². The molecule has 0 spiro atoms. The zero-order chi connectivity index (χ0) is 11.3. The molecule has 1 aromatic heterocycles. The zero-order valence-electron chi connectivity index (χ0n) is 9.42. The van der Waals surface area contributed by atoms with Crippen LogP contribution in [0.5, 0.6) is 0 Å². The van der Waals surface area contributed by atoms with Crippen LogP contribution in [0.2, 0.25) is 0 Å². The number of H-pyrrole nitrogens is 1. The van der Waals surface area contributed by atoms with Crippen LogP contribution in [0.3, 0.4) is 0 Å². The molecule has 1 unspecified atom stereocenters. The highest BCUT2D eigenvalue weighted by atomic mass is 16.1. The van der Waals surface area contributed by atoms with Crippen LogP contribution in [0.15, 0.2) is 6.20 Å². The van der Waals surface area contributed by atoms with Gasteiger partial charge in [0.25, 0.3) is 0 Å². The van der Waals surface area contributed by atoms with Gasteiger partial charge < -0.3 is 10.6 Å². The molecule has 0 fully saturated rings. The molecule has 3 N–H and O–H groups in total. The number of aryl methyl sites for hydroxylation is 1. The average Bonchev–Trinajstić information content (AvgIpc) is 2.52. The molecule has 0 bridgehead atoms. The van der Waals surface area contributed by atoms with Crippen molar-refractivity contribution >= 4 is 11.7 Å². The van der Waals surface area contributed by atoms with Gasteiger partial charge in [-0.1, -0.05) is 6.92 Å². The molecule has 0 aliphatic rings. The second-order valence-electron chi connectivity index (χ2n) is 3.64. The van der Waals surface area contributed by atoms with Crippen molar-refractivity contribution in [2.45, 2.75) is 33.2 Å². The number of amides is 1. The summed E-state index contributed by atoms with van der Waals surface area (Å²) in [5, 5.41) is 12.5. The third kappa shape index (κ3) is 3.71. The molecule has 0 aliphatic heterocycles. The van der Waals surface area contributed by atoms with Crippen LogP contribution < -0.4 is 10.6 Å². The third-order valence-corrected chi connectivity index (χ3v) is 2.14. The predicted molar refractivity (Wildman–Crippen MR) is 59.7 cm³/mol. The minimum absolute atomic E-state index is 0.00389. The van der Waals surface area contributed by atoms with Gasteiger partial charge in [-0.25, -0.2) is 0 Å². The molecule has 0 aromatic carbocycles. The van der Waals surface area contributed by atoms with Crippen molar-refractivity contribution in [3.63, 3.8) is 0 Å². The monoisotopic (exact) mass is 210 g/mol. The van der Waals surface area contributed by atoms with E-state index in [1.807, 2.05) is 20.8 Å². The average molecular weight is 210 g/mol. The number of aromatic nitrogens is 2. The molecule has 84 valence electrons. The number of nitrogens with zero attached hydrogens (tertiary/aromatic N) is 1. The molecular weight excluding hydrogens is 192 g/mol. The van der Waals surface area contributed by atoms with Crippen LogP contribution in [-0.4, -0.2) is 28.7 Å². The van der Waals surface area contributed by atoms with E-state index in [2.05, 4.69) is 20.8 Å². The van der Waals surface area contributed by atoms with E-state index in [-0.39, 0.29) is 11.9 Å². The summed E-state index contributed by atoms with van der Waals surface area (Å²) in [6, 6.07) is 0.193. The Labute approximate surface area is 89.6 Å². The molecule has 0 saturated heterocycles. The van der Waals surface area contributed by atoms with Gasteiger partial charge >= 0.3 is 0 Å². The number of carbonyl (C=O) groups excluding carboxylic acids is 1. The Morgan fingerprint density at radius 3 is 2.93 bits per heavy atom. The largest absolute Gasteiger partial charge is 0.314 e. The van der Waals surface area contributed by atoms with Gasteiger partial charge in [0.05, 0.1) is 6.20 Å². The predicted octanol–water partition coefficient (Wildman–Crippen LogP) is 1.04. The molecule has 1 amide bonds. The van der Waals surface area contributed by atoms with Crippen LogP contribution in [0, 0.1) is 6.92 Å². The number of rotatable bonds is 5. The fourth-order valence-corrected chi connectivity index (χ4v) is 1.36.